The highest BCUT2D eigenvalue weighted by molar-refractivity contribution is 6.06. The summed E-state index contributed by atoms with van der Waals surface area (Å²) < 4.78 is 5.59. The van der Waals surface area contributed by atoms with Crippen molar-refractivity contribution in [3.8, 4) is 0 Å². The maximum Gasteiger partial charge on any atom is 0.339 e. The Bertz CT molecular complexity index is 1060. The van der Waals surface area contributed by atoms with Gasteiger partial charge in [0.1, 0.15) is 6.10 Å². The highest BCUT2D eigenvalue weighted by atomic mass is 16.5. The molecule has 1 aliphatic rings. The molecule has 0 fully saturated rings. The lowest BCUT2D eigenvalue weighted by atomic mass is 9.93. The van der Waals surface area contributed by atoms with Crippen LogP contribution in [-0.4, -0.2) is 26.0 Å². The standard InChI is InChI=1S/C24H22N2O3/c1-26(2)21-11-7-6-10-20(21)25-23(27)17-12-13-19-18(14-17)15-22(29-24(19)28)16-8-4-3-5-9-16/h3-14,22H,15H2,1-2H3,(H,25,27). The molecular formula is C24H22N2O3. The van der Waals surface area contributed by atoms with E-state index in [4.69, 9.17) is 4.74 Å². The molecule has 0 spiro atoms. The van der Waals surface area contributed by atoms with Gasteiger partial charge in [-0.2, -0.15) is 0 Å². The molecule has 146 valence electrons. The normalized spacial score (nSPS) is 15.2. The second-order valence-corrected chi connectivity index (χ2v) is 7.25. The maximum atomic E-state index is 12.9. The smallest absolute Gasteiger partial charge is 0.339 e. The third kappa shape index (κ3) is 3.85. The molecule has 1 unspecified atom stereocenters. The summed E-state index contributed by atoms with van der Waals surface area (Å²) in [5.41, 5.74) is 4.46. The number of nitrogens with one attached hydrogen (secondary N) is 1. The molecule has 0 aliphatic carbocycles. The Hall–Kier alpha value is -3.60. The minimum atomic E-state index is -0.356. The molecule has 0 bridgehead atoms. The number of carbonyl (C=O) groups excluding carboxylic acids is 2. The van der Waals surface area contributed by atoms with Crippen molar-refractivity contribution in [3.05, 3.63) is 95.1 Å². The molecule has 5 nitrogen and oxygen atoms in total. The van der Waals surface area contributed by atoms with Gasteiger partial charge in [0.05, 0.1) is 16.9 Å². The molecule has 1 atom stereocenters. The van der Waals surface area contributed by atoms with E-state index in [1.54, 1.807) is 18.2 Å². The Balaban J connectivity index is 1.60. The second kappa shape index (κ2) is 7.80. The highest BCUT2D eigenvalue weighted by Gasteiger charge is 2.28. The van der Waals surface area contributed by atoms with Crippen LogP contribution in [0, 0.1) is 0 Å². The molecule has 5 heteroatoms. The molecule has 1 amide bonds. The van der Waals surface area contributed by atoms with Crippen LogP contribution >= 0.6 is 0 Å². The average Bonchev–Trinajstić information content (AvgIpc) is 2.74. The number of amides is 1. The first-order valence-electron chi connectivity index (χ1n) is 9.49. The lowest BCUT2D eigenvalue weighted by Crippen LogP contribution is -2.23. The number of esters is 1. The number of carbonyl (C=O) groups is 2. The van der Waals surface area contributed by atoms with Crippen molar-refractivity contribution in [1.82, 2.24) is 0 Å². The Labute approximate surface area is 169 Å². The van der Waals surface area contributed by atoms with E-state index < -0.39 is 0 Å². The van der Waals surface area contributed by atoms with Gasteiger partial charge in [0.15, 0.2) is 0 Å². The molecule has 0 saturated heterocycles. The van der Waals surface area contributed by atoms with Gasteiger partial charge in [-0.05, 0) is 41.5 Å². The van der Waals surface area contributed by atoms with Gasteiger partial charge < -0.3 is 15.0 Å². The highest BCUT2D eigenvalue weighted by Crippen LogP contribution is 2.31. The summed E-state index contributed by atoms with van der Waals surface area (Å²) in [5.74, 6) is -0.567. The van der Waals surface area contributed by atoms with E-state index in [2.05, 4.69) is 5.32 Å². The summed E-state index contributed by atoms with van der Waals surface area (Å²) in [6.45, 7) is 0. The minimum absolute atomic E-state index is 0.211. The summed E-state index contributed by atoms with van der Waals surface area (Å²) in [6.07, 6.45) is 0.199. The Morgan fingerprint density at radius 1 is 1.00 bits per heavy atom. The van der Waals surface area contributed by atoms with Gasteiger partial charge in [-0.25, -0.2) is 4.79 Å². The van der Waals surface area contributed by atoms with Gasteiger partial charge in [0, 0.05) is 26.1 Å². The number of hydrogen-bond acceptors (Lipinski definition) is 4. The van der Waals surface area contributed by atoms with Crippen molar-refractivity contribution in [1.29, 1.82) is 0 Å². The molecule has 29 heavy (non-hydrogen) atoms. The van der Waals surface area contributed by atoms with Crippen LogP contribution in [0.5, 0.6) is 0 Å². The summed E-state index contributed by atoms with van der Waals surface area (Å²) in [7, 11) is 3.86. The number of hydrogen-bond donors (Lipinski definition) is 1. The van der Waals surface area contributed by atoms with E-state index in [-0.39, 0.29) is 18.0 Å². The summed E-state index contributed by atoms with van der Waals surface area (Å²) >= 11 is 0. The van der Waals surface area contributed by atoms with E-state index in [0.717, 1.165) is 22.5 Å². The fourth-order valence-electron chi connectivity index (χ4n) is 3.55. The summed E-state index contributed by atoms with van der Waals surface area (Å²) in [6, 6.07) is 22.4. The Morgan fingerprint density at radius 2 is 1.72 bits per heavy atom. The first-order chi connectivity index (χ1) is 14.0. The monoisotopic (exact) mass is 386 g/mol. The predicted octanol–water partition coefficient (Wildman–Crippen LogP) is 4.46. The number of rotatable bonds is 4. The number of anilines is 2. The fraction of sp³-hybridized carbons (Fsp3) is 0.167. The molecular weight excluding hydrogens is 364 g/mol. The van der Waals surface area contributed by atoms with Crippen LogP contribution < -0.4 is 10.2 Å². The van der Waals surface area contributed by atoms with Crippen LogP contribution in [0.15, 0.2) is 72.8 Å². The van der Waals surface area contributed by atoms with Crippen LogP contribution in [-0.2, 0) is 11.2 Å². The summed E-state index contributed by atoms with van der Waals surface area (Å²) in [5, 5.41) is 2.97. The van der Waals surface area contributed by atoms with Crippen LogP contribution in [0.2, 0.25) is 0 Å². The largest absolute Gasteiger partial charge is 0.454 e. The summed E-state index contributed by atoms with van der Waals surface area (Å²) in [4.78, 5) is 27.2. The number of benzene rings is 3. The number of para-hydroxylation sites is 2. The van der Waals surface area contributed by atoms with Crippen LogP contribution in [0.1, 0.15) is 37.9 Å². The number of nitrogens with zero attached hydrogens (tertiary/aromatic N) is 1. The molecule has 1 heterocycles. The Kier molecular flexibility index (Phi) is 5.04. The SMILES string of the molecule is CN(C)c1ccccc1NC(=O)c1ccc2c(c1)CC(c1ccccc1)OC2=O. The number of cyclic esters (lactones) is 1. The third-order valence-electron chi connectivity index (χ3n) is 5.05. The van der Waals surface area contributed by atoms with E-state index in [1.807, 2.05) is 73.6 Å². The maximum absolute atomic E-state index is 12.9. The van der Waals surface area contributed by atoms with E-state index in [0.29, 0.717) is 17.5 Å². The van der Waals surface area contributed by atoms with Gasteiger partial charge in [-0.1, -0.05) is 42.5 Å². The first-order valence-corrected chi connectivity index (χ1v) is 9.49. The van der Waals surface area contributed by atoms with Crippen molar-refractivity contribution in [2.75, 3.05) is 24.3 Å². The van der Waals surface area contributed by atoms with E-state index in [9.17, 15) is 9.59 Å². The van der Waals surface area contributed by atoms with E-state index >= 15 is 0 Å². The lowest BCUT2D eigenvalue weighted by Gasteiger charge is -2.25. The molecule has 3 aromatic carbocycles. The zero-order valence-electron chi connectivity index (χ0n) is 16.4. The average molecular weight is 386 g/mol. The van der Waals surface area contributed by atoms with Crippen LogP contribution in [0.25, 0.3) is 0 Å². The first kappa shape index (κ1) is 18.7. The molecule has 1 aliphatic heterocycles. The lowest BCUT2D eigenvalue weighted by molar-refractivity contribution is 0.0252. The van der Waals surface area contributed by atoms with Gasteiger partial charge in [-0.3, -0.25) is 4.79 Å². The molecule has 3 aromatic rings. The van der Waals surface area contributed by atoms with Crippen molar-refractivity contribution in [3.63, 3.8) is 0 Å². The zero-order chi connectivity index (χ0) is 20.4. The third-order valence-corrected chi connectivity index (χ3v) is 5.05. The molecule has 4 rings (SSSR count). The minimum Gasteiger partial charge on any atom is -0.454 e. The predicted molar refractivity (Wildman–Crippen MR) is 113 cm³/mol. The van der Waals surface area contributed by atoms with E-state index in [1.165, 1.54) is 0 Å². The van der Waals surface area contributed by atoms with Gasteiger partial charge in [-0.15, -0.1) is 0 Å². The van der Waals surface area contributed by atoms with Crippen molar-refractivity contribution >= 4 is 23.3 Å². The number of ether oxygens (including phenoxy) is 1. The second-order valence-electron chi connectivity index (χ2n) is 7.25. The van der Waals surface area contributed by atoms with Crippen molar-refractivity contribution in [2.45, 2.75) is 12.5 Å². The van der Waals surface area contributed by atoms with Gasteiger partial charge >= 0.3 is 5.97 Å². The topological polar surface area (TPSA) is 58.6 Å². The molecule has 0 radical (unpaired) electrons. The molecule has 0 aromatic heterocycles. The van der Waals surface area contributed by atoms with Crippen molar-refractivity contribution in [2.24, 2.45) is 0 Å². The van der Waals surface area contributed by atoms with Gasteiger partial charge in [0.2, 0.25) is 0 Å². The Morgan fingerprint density at radius 3 is 2.48 bits per heavy atom. The quantitative estimate of drug-likeness (QED) is 0.673. The van der Waals surface area contributed by atoms with Crippen LogP contribution in [0.3, 0.4) is 0 Å². The number of fused-ring (bicyclic) bond motifs is 1. The zero-order valence-corrected chi connectivity index (χ0v) is 16.4. The molecule has 0 saturated carbocycles. The fourth-order valence-corrected chi connectivity index (χ4v) is 3.55. The van der Waals surface area contributed by atoms with Crippen LogP contribution in [0.4, 0.5) is 11.4 Å². The van der Waals surface area contributed by atoms with Gasteiger partial charge in [0.25, 0.3) is 5.91 Å². The van der Waals surface area contributed by atoms with Crippen molar-refractivity contribution < 1.29 is 14.3 Å². The molecule has 1 N–H and O–H groups in total.